The highest BCUT2D eigenvalue weighted by Crippen LogP contribution is 2.34. The van der Waals surface area contributed by atoms with E-state index in [4.69, 9.17) is 16.7 Å². The molecule has 1 N–H and O–H groups in total. The summed E-state index contributed by atoms with van der Waals surface area (Å²) in [4.78, 5) is 10.8. The maximum Gasteiger partial charge on any atom is 0.328 e. The van der Waals surface area contributed by atoms with E-state index >= 15 is 0 Å². The molecule has 0 atom stereocenters. The van der Waals surface area contributed by atoms with Crippen molar-refractivity contribution in [2.24, 2.45) is 5.92 Å². The van der Waals surface area contributed by atoms with Crippen LogP contribution in [0.4, 0.5) is 0 Å². The molecule has 0 bridgehead atoms. The molecular formula is C17H20ClNO2. The Morgan fingerprint density at radius 2 is 2.05 bits per heavy atom. The zero-order chi connectivity index (χ0) is 15.7. The molecule has 3 nitrogen and oxygen atoms in total. The van der Waals surface area contributed by atoms with Gasteiger partial charge in [0.05, 0.1) is 5.52 Å². The first kappa shape index (κ1) is 15.6. The highest BCUT2D eigenvalue weighted by molar-refractivity contribution is 6.33. The van der Waals surface area contributed by atoms with Crippen LogP contribution in [0.2, 0.25) is 5.15 Å². The molecule has 0 saturated heterocycles. The van der Waals surface area contributed by atoms with E-state index in [0.717, 1.165) is 29.1 Å². The average Bonchev–Trinajstić information content (AvgIpc) is 2.65. The lowest BCUT2D eigenvalue weighted by Crippen LogP contribution is -2.05. The Balaban J connectivity index is 2.78. The summed E-state index contributed by atoms with van der Waals surface area (Å²) >= 11 is 6.52. The molecule has 1 heterocycles. The van der Waals surface area contributed by atoms with Crippen molar-refractivity contribution >= 4 is 34.5 Å². The van der Waals surface area contributed by atoms with Crippen molar-refractivity contribution in [2.75, 3.05) is 0 Å². The number of carbonyl (C=O) groups is 1. The Morgan fingerprint density at radius 1 is 1.38 bits per heavy atom. The van der Waals surface area contributed by atoms with Crippen LogP contribution in [-0.2, 0) is 11.3 Å². The van der Waals surface area contributed by atoms with Gasteiger partial charge in [0.2, 0.25) is 0 Å². The van der Waals surface area contributed by atoms with Crippen molar-refractivity contribution in [3.05, 3.63) is 40.1 Å². The largest absolute Gasteiger partial charge is 0.478 e. The van der Waals surface area contributed by atoms with Crippen LogP contribution in [0, 0.1) is 19.8 Å². The normalized spacial score (nSPS) is 11.9. The van der Waals surface area contributed by atoms with Gasteiger partial charge in [-0.2, -0.15) is 0 Å². The molecule has 0 fully saturated rings. The van der Waals surface area contributed by atoms with Gasteiger partial charge in [-0.3, -0.25) is 0 Å². The molecule has 0 spiro atoms. The fourth-order valence-corrected chi connectivity index (χ4v) is 2.89. The monoisotopic (exact) mass is 305 g/mol. The fraction of sp³-hybridized carbons (Fsp3) is 0.353. The summed E-state index contributed by atoms with van der Waals surface area (Å²) in [5.41, 5.74) is 4.26. The van der Waals surface area contributed by atoms with Crippen LogP contribution < -0.4 is 0 Å². The van der Waals surface area contributed by atoms with Crippen molar-refractivity contribution in [3.63, 3.8) is 0 Å². The molecule has 21 heavy (non-hydrogen) atoms. The van der Waals surface area contributed by atoms with E-state index in [0.29, 0.717) is 11.1 Å². The van der Waals surface area contributed by atoms with Crippen molar-refractivity contribution in [1.29, 1.82) is 0 Å². The number of fused-ring (bicyclic) bond motifs is 1. The van der Waals surface area contributed by atoms with Gasteiger partial charge >= 0.3 is 5.97 Å². The van der Waals surface area contributed by atoms with Gasteiger partial charge < -0.3 is 9.67 Å². The molecular weight excluding hydrogens is 286 g/mol. The number of benzene rings is 1. The van der Waals surface area contributed by atoms with Crippen LogP contribution in [0.1, 0.15) is 30.5 Å². The van der Waals surface area contributed by atoms with Crippen LogP contribution in [0.15, 0.2) is 18.2 Å². The van der Waals surface area contributed by atoms with E-state index in [1.54, 1.807) is 6.08 Å². The molecule has 1 aromatic carbocycles. The van der Waals surface area contributed by atoms with Crippen molar-refractivity contribution in [1.82, 2.24) is 4.57 Å². The topological polar surface area (TPSA) is 42.2 Å². The number of aromatic nitrogens is 1. The summed E-state index contributed by atoms with van der Waals surface area (Å²) in [6.45, 7) is 9.23. The van der Waals surface area contributed by atoms with E-state index in [-0.39, 0.29) is 0 Å². The number of halogens is 1. The SMILES string of the molecule is Cc1ccc2c(/C=C/C(=O)O)c(Cl)n(CC(C)C)c2c1C. The number of carboxylic acids is 1. The molecule has 4 heteroatoms. The van der Waals surface area contributed by atoms with E-state index in [1.807, 2.05) is 12.1 Å². The summed E-state index contributed by atoms with van der Waals surface area (Å²) in [5.74, 6) is -0.519. The number of nitrogens with zero attached hydrogens (tertiary/aromatic N) is 1. The summed E-state index contributed by atoms with van der Waals surface area (Å²) in [6.07, 6.45) is 2.72. The van der Waals surface area contributed by atoms with Crippen LogP contribution in [-0.4, -0.2) is 15.6 Å². The maximum absolute atomic E-state index is 10.8. The first-order valence-electron chi connectivity index (χ1n) is 7.01. The molecule has 112 valence electrons. The van der Waals surface area contributed by atoms with E-state index < -0.39 is 5.97 Å². The lowest BCUT2D eigenvalue weighted by molar-refractivity contribution is -0.131. The predicted molar refractivity (Wildman–Crippen MR) is 87.9 cm³/mol. The Labute approximate surface area is 129 Å². The van der Waals surface area contributed by atoms with Gasteiger partial charge in [-0.1, -0.05) is 37.6 Å². The minimum atomic E-state index is -0.973. The van der Waals surface area contributed by atoms with Gasteiger partial charge in [0.15, 0.2) is 0 Å². The number of hydrogen-bond acceptors (Lipinski definition) is 1. The number of carboxylic acid groups (broad SMARTS) is 1. The van der Waals surface area contributed by atoms with Gasteiger partial charge in [0, 0.05) is 23.6 Å². The van der Waals surface area contributed by atoms with Gasteiger partial charge in [0.1, 0.15) is 5.15 Å². The second kappa shape index (κ2) is 5.94. The average molecular weight is 306 g/mol. The number of aryl methyl sites for hydroxylation is 2. The van der Waals surface area contributed by atoms with Gasteiger partial charge in [-0.05, 0) is 37.0 Å². The fourth-order valence-electron chi connectivity index (χ4n) is 2.57. The van der Waals surface area contributed by atoms with Crippen molar-refractivity contribution in [3.8, 4) is 0 Å². The van der Waals surface area contributed by atoms with E-state index in [1.165, 1.54) is 11.1 Å². The third-order valence-electron chi connectivity index (χ3n) is 3.66. The molecule has 0 amide bonds. The Bertz CT molecular complexity index is 726. The van der Waals surface area contributed by atoms with Crippen molar-refractivity contribution in [2.45, 2.75) is 34.2 Å². The van der Waals surface area contributed by atoms with Crippen LogP contribution in [0.5, 0.6) is 0 Å². The highest BCUT2D eigenvalue weighted by Gasteiger charge is 2.17. The minimum absolute atomic E-state index is 0.453. The maximum atomic E-state index is 10.8. The van der Waals surface area contributed by atoms with Gasteiger partial charge in [0.25, 0.3) is 0 Å². The molecule has 2 aromatic rings. The van der Waals surface area contributed by atoms with Gasteiger partial charge in [-0.15, -0.1) is 0 Å². The zero-order valence-electron chi connectivity index (χ0n) is 12.8. The minimum Gasteiger partial charge on any atom is -0.478 e. The van der Waals surface area contributed by atoms with Crippen LogP contribution in [0.3, 0.4) is 0 Å². The number of hydrogen-bond donors (Lipinski definition) is 1. The standard InChI is InChI=1S/C17H20ClNO2/c1-10(2)9-19-16-12(4)11(3)5-6-13(16)14(17(19)18)7-8-15(20)21/h5-8,10H,9H2,1-4H3,(H,20,21)/b8-7+. The molecule has 0 aliphatic rings. The summed E-state index contributed by atoms with van der Waals surface area (Å²) in [5, 5.41) is 10.5. The molecule has 1 aromatic heterocycles. The first-order chi connectivity index (χ1) is 9.82. The predicted octanol–water partition coefficient (Wildman–Crippen LogP) is 4.67. The molecule has 0 aliphatic carbocycles. The Morgan fingerprint density at radius 3 is 2.62 bits per heavy atom. The molecule has 0 radical (unpaired) electrons. The quantitative estimate of drug-likeness (QED) is 0.834. The van der Waals surface area contributed by atoms with Crippen LogP contribution >= 0.6 is 11.6 Å². The third-order valence-corrected chi connectivity index (χ3v) is 4.07. The van der Waals surface area contributed by atoms with Crippen molar-refractivity contribution < 1.29 is 9.90 Å². The second-order valence-corrected chi connectivity index (χ2v) is 6.14. The molecule has 0 saturated carbocycles. The van der Waals surface area contributed by atoms with E-state index in [9.17, 15) is 4.79 Å². The Hall–Kier alpha value is -1.74. The lowest BCUT2D eigenvalue weighted by atomic mass is 10.0. The van der Waals surface area contributed by atoms with E-state index in [2.05, 4.69) is 32.3 Å². The molecule has 2 rings (SSSR count). The Kier molecular flexibility index (Phi) is 4.43. The first-order valence-corrected chi connectivity index (χ1v) is 7.39. The van der Waals surface area contributed by atoms with Gasteiger partial charge in [-0.25, -0.2) is 4.79 Å². The number of aliphatic carboxylic acids is 1. The number of rotatable bonds is 4. The zero-order valence-corrected chi connectivity index (χ0v) is 13.5. The van der Waals surface area contributed by atoms with Crippen LogP contribution in [0.25, 0.3) is 17.0 Å². The second-order valence-electron chi connectivity index (χ2n) is 5.78. The third kappa shape index (κ3) is 2.98. The molecule has 0 unspecified atom stereocenters. The summed E-state index contributed by atoms with van der Waals surface area (Å²) in [6, 6.07) is 4.06. The lowest BCUT2D eigenvalue weighted by Gasteiger charge is -2.12. The summed E-state index contributed by atoms with van der Waals surface area (Å²) < 4.78 is 2.09. The highest BCUT2D eigenvalue weighted by atomic mass is 35.5. The molecule has 0 aliphatic heterocycles. The smallest absolute Gasteiger partial charge is 0.328 e. The summed E-state index contributed by atoms with van der Waals surface area (Å²) in [7, 11) is 0.